The number of anilines is 1. The zero-order chi connectivity index (χ0) is 13.0. The van der Waals surface area contributed by atoms with Crippen molar-refractivity contribution in [3.05, 3.63) is 22.7 Å². The number of aliphatic hydroxyl groups is 1. The Bertz CT molecular complexity index is 368. The van der Waals surface area contributed by atoms with E-state index in [1.165, 1.54) is 0 Å². The number of nitrogens with zero attached hydrogens (tertiary/aromatic N) is 1. The molecule has 0 spiro atoms. The molecule has 0 aliphatic carbocycles. The summed E-state index contributed by atoms with van der Waals surface area (Å²) in [5.74, 6) is 1.18. The number of benzene rings is 1. The third kappa shape index (κ3) is 3.36. The van der Waals surface area contributed by atoms with Gasteiger partial charge in [0, 0.05) is 11.5 Å². The Balaban J connectivity index is 3.08. The molecule has 3 nitrogen and oxygen atoms in total. The Kier molecular flexibility index (Phi) is 5.28. The van der Waals surface area contributed by atoms with Gasteiger partial charge in [-0.25, -0.2) is 0 Å². The highest BCUT2D eigenvalue weighted by molar-refractivity contribution is 9.10. The molecule has 17 heavy (non-hydrogen) atoms. The van der Waals surface area contributed by atoms with E-state index >= 15 is 0 Å². The van der Waals surface area contributed by atoms with Gasteiger partial charge in [0.2, 0.25) is 0 Å². The van der Waals surface area contributed by atoms with E-state index in [0.717, 1.165) is 15.9 Å². The molecule has 0 fully saturated rings. The SMILES string of the molecule is COc1ccc(Br)cc1N(C)C(CO)C(C)C. The van der Waals surface area contributed by atoms with Crippen molar-refractivity contribution in [3.63, 3.8) is 0 Å². The first kappa shape index (κ1) is 14.3. The maximum absolute atomic E-state index is 9.47. The van der Waals surface area contributed by atoms with E-state index in [2.05, 4.69) is 34.7 Å². The minimum atomic E-state index is 0.0817. The second kappa shape index (κ2) is 6.26. The molecular weight excluding hydrogens is 282 g/mol. The van der Waals surface area contributed by atoms with Crippen LogP contribution in [0, 0.1) is 5.92 Å². The van der Waals surface area contributed by atoms with Gasteiger partial charge in [-0.1, -0.05) is 29.8 Å². The van der Waals surface area contributed by atoms with Gasteiger partial charge in [0.25, 0.3) is 0 Å². The van der Waals surface area contributed by atoms with Crippen LogP contribution >= 0.6 is 15.9 Å². The third-order valence-electron chi connectivity index (χ3n) is 2.97. The van der Waals surface area contributed by atoms with E-state index in [4.69, 9.17) is 4.74 Å². The van der Waals surface area contributed by atoms with Crippen molar-refractivity contribution in [1.82, 2.24) is 0 Å². The molecule has 1 aromatic rings. The summed E-state index contributed by atoms with van der Waals surface area (Å²) in [6.45, 7) is 4.33. The normalized spacial score (nSPS) is 12.6. The van der Waals surface area contributed by atoms with Gasteiger partial charge in [0.15, 0.2) is 0 Å². The number of halogens is 1. The highest BCUT2D eigenvalue weighted by atomic mass is 79.9. The van der Waals surface area contributed by atoms with E-state index in [1.54, 1.807) is 7.11 Å². The monoisotopic (exact) mass is 301 g/mol. The van der Waals surface area contributed by atoms with Crippen LogP contribution in [-0.2, 0) is 0 Å². The van der Waals surface area contributed by atoms with Crippen LogP contribution in [0.1, 0.15) is 13.8 Å². The zero-order valence-electron chi connectivity index (χ0n) is 10.8. The molecule has 1 aromatic carbocycles. The molecule has 0 aromatic heterocycles. The summed E-state index contributed by atoms with van der Waals surface area (Å²) in [7, 11) is 3.63. The quantitative estimate of drug-likeness (QED) is 0.908. The van der Waals surface area contributed by atoms with Crippen molar-refractivity contribution < 1.29 is 9.84 Å². The van der Waals surface area contributed by atoms with E-state index < -0.39 is 0 Å². The van der Waals surface area contributed by atoms with Crippen LogP contribution < -0.4 is 9.64 Å². The number of methoxy groups -OCH3 is 1. The summed E-state index contributed by atoms with van der Waals surface area (Å²) in [6.07, 6.45) is 0. The van der Waals surface area contributed by atoms with Gasteiger partial charge in [-0.3, -0.25) is 0 Å². The van der Waals surface area contributed by atoms with Crippen molar-refractivity contribution in [2.45, 2.75) is 19.9 Å². The van der Waals surface area contributed by atoms with Crippen molar-refractivity contribution in [3.8, 4) is 5.75 Å². The Labute approximate surface area is 112 Å². The highest BCUT2D eigenvalue weighted by Crippen LogP contribution is 2.32. The minimum absolute atomic E-state index is 0.0817. The van der Waals surface area contributed by atoms with Crippen LogP contribution in [0.5, 0.6) is 5.75 Å². The fourth-order valence-electron chi connectivity index (χ4n) is 1.90. The van der Waals surface area contributed by atoms with Gasteiger partial charge in [-0.05, 0) is 24.1 Å². The summed E-state index contributed by atoms with van der Waals surface area (Å²) in [4.78, 5) is 2.06. The van der Waals surface area contributed by atoms with Crippen LogP contribution in [0.4, 0.5) is 5.69 Å². The molecule has 1 atom stereocenters. The standard InChI is InChI=1S/C13H20BrNO2/c1-9(2)12(8-16)15(3)11-7-10(14)5-6-13(11)17-4/h5-7,9,12,16H,8H2,1-4H3. The van der Waals surface area contributed by atoms with Crippen molar-refractivity contribution in [1.29, 1.82) is 0 Å². The molecule has 0 aliphatic heterocycles. The Morgan fingerprint density at radius 2 is 2.06 bits per heavy atom. The summed E-state index contributed by atoms with van der Waals surface area (Å²) in [5, 5.41) is 9.47. The lowest BCUT2D eigenvalue weighted by molar-refractivity contribution is 0.233. The molecule has 0 amide bonds. The van der Waals surface area contributed by atoms with E-state index in [9.17, 15) is 5.11 Å². The van der Waals surface area contributed by atoms with E-state index in [0.29, 0.717) is 5.92 Å². The first-order valence-electron chi connectivity index (χ1n) is 5.68. The molecule has 0 radical (unpaired) electrons. The molecule has 4 heteroatoms. The van der Waals surface area contributed by atoms with Gasteiger partial charge < -0.3 is 14.7 Å². The lowest BCUT2D eigenvalue weighted by atomic mass is 10.0. The average molecular weight is 302 g/mol. The lowest BCUT2D eigenvalue weighted by Crippen LogP contribution is -2.39. The number of hydrogen-bond acceptors (Lipinski definition) is 3. The second-order valence-corrected chi connectivity index (χ2v) is 5.34. The van der Waals surface area contributed by atoms with Crippen molar-refractivity contribution >= 4 is 21.6 Å². The van der Waals surface area contributed by atoms with Crippen LogP contribution in [0.15, 0.2) is 22.7 Å². The fourth-order valence-corrected chi connectivity index (χ4v) is 2.25. The topological polar surface area (TPSA) is 32.7 Å². The summed E-state index contributed by atoms with van der Waals surface area (Å²) < 4.78 is 6.35. The predicted molar refractivity (Wildman–Crippen MR) is 74.8 cm³/mol. The van der Waals surface area contributed by atoms with Crippen molar-refractivity contribution in [2.24, 2.45) is 5.92 Å². The summed E-state index contributed by atoms with van der Waals surface area (Å²) in [5.41, 5.74) is 0.981. The minimum Gasteiger partial charge on any atom is -0.495 e. The Morgan fingerprint density at radius 3 is 2.53 bits per heavy atom. The number of ether oxygens (including phenoxy) is 1. The van der Waals surface area contributed by atoms with Gasteiger partial charge in [0.1, 0.15) is 5.75 Å². The Hall–Kier alpha value is -0.740. The number of rotatable bonds is 5. The number of hydrogen-bond donors (Lipinski definition) is 1. The maximum Gasteiger partial charge on any atom is 0.142 e. The lowest BCUT2D eigenvalue weighted by Gasteiger charge is -2.32. The van der Waals surface area contributed by atoms with Gasteiger partial charge in [0.05, 0.1) is 25.4 Å². The summed E-state index contributed by atoms with van der Waals surface area (Å²) in [6, 6.07) is 5.95. The maximum atomic E-state index is 9.47. The van der Waals surface area contributed by atoms with Crippen LogP contribution in [-0.4, -0.2) is 31.9 Å². The van der Waals surface area contributed by atoms with Crippen LogP contribution in [0.2, 0.25) is 0 Å². The average Bonchev–Trinajstić information content (AvgIpc) is 2.29. The highest BCUT2D eigenvalue weighted by Gasteiger charge is 2.20. The van der Waals surface area contributed by atoms with E-state index in [1.807, 2.05) is 25.2 Å². The van der Waals surface area contributed by atoms with Crippen molar-refractivity contribution in [2.75, 3.05) is 25.7 Å². The molecule has 1 N–H and O–H groups in total. The molecule has 96 valence electrons. The molecule has 0 saturated heterocycles. The van der Waals surface area contributed by atoms with Gasteiger partial charge in [-0.15, -0.1) is 0 Å². The number of aliphatic hydroxyl groups excluding tert-OH is 1. The molecule has 0 heterocycles. The first-order valence-corrected chi connectivity index (χ1v) is 6.47. The predicted octanol–water partition coefficient (Wildman–Crippen LogP) is 2.91. The first-order chi connectivity index (χ1) is 8.01. The molecular formula is C13H20BrNO2. The number of likely N-dealkylation sites (N-methyl/N-ethyl adjacent to an activating group) is 1. The molecule has 1 unspecified atom stereocenters. The summed E-state index contributed by atoms with van der Waals surface area (Å²) >= 11 is 3.46. The molecule has 0 bridgehead atoms. The third-order valence-corrected chi connectivity index (χ3v) is 3.47. The molecule has 0 aliphatic rings. The second-order valence-electron chi connectivity index (χ2n) is 4.42. The van der Waals surface area contributed by atoms with E-state index in [-0.39, 0.29) is 12.6 Å². The molecule has 1 rings (SSSR count). The fraction of sp³-hybridized carbons (Fsp3) is 0.538. The van der Waals surface area contributed by atoms with Crippen LogP contribution in [0.3, 0.4) is 0 Å². The molecule has 0 saturated carbocycles. The zero-order valence-corrected chi connectivity index (χ0v) is 12.4. The van der Waals surface area contributed by atoms with Gasteiger partial charge >= 0.3 is 0 Å². The van der Waals surface area contributed by atoms with Crippen LogP contribution in [0.25, 0.3) is 0 Å². The smallest absolute Gasteiger partial charge is 0.142 e. The largest absolute Gasteiger partial charge is 0.495 e. The van der Waals surface area contributed by atoms with Gasteiger partial charge in [-0.2, -0.15) is 0 Å². The Morgan fingerprint density at radius 1 is 1.41 bits per heavy atom.